The molecule has 0 bridgehead atoms. The van der Waals surface area contributed by atoms with Gasteiger partial charge < -0.3 is 9.67 Å². The van der Waals surface area contributed by atoms with Gasteiger partial charge >= 0.3 is 5.97 Å². The Kier molecular flexibility index (Phi) is 3.91. The molecule has 0 saturated carbocycles. The maximum Gasteiger partial charge on any atom is 0.303 e. The molecule has 1 heterocycles. The largest absolute Gasteiger partial charge is 0.481 e. The van der Waals surface area contributed by atoms with Gasteiger partial charge in [0.25, 0.3) is 0 Å². The summed E-state index contributed by atoms with van der Waals surface area (Å²) in [6.45, 7) is 0.590. The van der Waals surface area contributed by atoms with Crippen LogP contribution in [0.1, 0.15) is 19.3 Å². The number of nitrogens with zero attached hydrogens (tertiary/aromatic N) is 1. The van der Waals surface area contributed by atoms with E-state index in [0.717, 1.165) is 6.42 Å². The number of hydrogen-bond donors (Lipinski definition) is 1. The van der Waals surface area contributed by atoms with E-state index >= 15 is 0 Å². The van der Waals surface area contributed by atoms with E-state index in [2.05, 4.69) is 0 Å². The van der Waals surface area contributed by atoms with E-state index in [1.165, 1.54) is 6.07 Å². The lowest BCUT2D eigenvalue weighted by atomic mass is 10.2. The van der Waals surface area contributed by atoms with Crippen LogP contribution in [-0.4, -0.2) is 15.6 Å². The Morgan fingerprint density at radius 1 is 1.36 bits per heavy atom. The topological polar surface area (TPSA) is 59.3 Å². The molecular formula is C10H13NO3. The van der Waals surface area contributed by atoms with Crippen LogP contribution in [0.15, 0.2) is 29.2 Å². The summed E-state index contributed by atoms with van der Waals surface area (Å²) in [5.41, 5.74) is -0.0391. The molecule has 0 unspecified atom stereocenters. The summed E-state index contributed by atoms with van der Waals surface area (Å²) in [4.78, 5) is 21.4. The third-order valence-electron chi connectivity index (χ3n) is 1.94. The van der Waals surface area contributed by atoms with Gasteiger partial charge in [0.2, 0.25) is 5.56 Å². The zero-order valence-corrected chi connectivity index (χ0v) is 7.85. The number of unbranched alkanes of at least 4 members (excludes halogenated alkanes) is 1. The standard InChI is InChI=1S/C10H13NO3/c12-9-5-1-3-7-11(9)8-4-2-6-10(13)14/h1,3,5,7H,2,4,6,8H2,(H,13,14). The third-order valence-corrected chi connectivity index (χ3v) is 1.94. The maximum absolute atomic E-state index is 11.2. The van der Waals surface area contributed by atoms with Crippen molar-refractivity contribution in [1.82, 2.24) is 4.57 Å². The fraction of sp³-hybridized carbons (Fsp3) is 0.400. The zero-order chi connectivity index (χ0) is 10.4. The number of aliphatic carboxylic acids is 1. The molecule has 1 rings (SSSR count). The molecule has 0 aromatic carbocycles. The first-order valence-corrected chi connectivity index (χ1v) is 4.57. The number of aryl methyl sites for hydroxylation is 1. The summed E-state index contributed by atoms with van der Waals surface area (Å²) in [5.74, 6) is -0.787. The molecular weight excluding hydrogens is 182 g/mol. The van der Waals surface area contributed by atoms with Gasteiger partial charge in [0.15, 0.2) is 0 Å². The van der Waals surface area contributed by atoms with Crippen LogP contribution in [0.4, 0.5) is 0 Å². The van der Waals surface area contributed by atoms with Crippen LogP contribution in [-0.2, 0) is 11.3 Å². The molecule has 4 heteroatoms. The normalized spacial score (nSPS) is 10.0. The molecule has 0 fully saturated rings. The minimum Gasteiger partial charge on any atom is -0.481 e. The van der Waals surface area contributed by atoms with Crippen LogP contribution < -0.4 is 5.56 Å². The second kappa shape index (κ2) is 5.21. The first-order valence-electron chi connectivity index (χ1n) is 4.57. The van der Waals surface area contributed by atoms with Crippen LogP contribution in [0.2, 0.25) is 0 Å². The first kappa shape index (κ1) is 10.5. The molecule has 4 nitrogen and oxygen atoms in total. The summed E-state index contributed by atoms with van der Waals surface area (Å²) in [7, 11) is 0. The van der Waals surface area contributed by atoms with Crippen molar-refractivity contribution >= 4 is 5.97 Å². The molecule has 0 saturated heterocycles. The highest BCUT2D eigenvalue weighted by Gasteiger charge is 1.97. The smallest absolute Gasteiger partial charge is 0.303 e. The number of aromatic nitrogens is 1. The van der Waals surface area contributed by atoms with Gasteiger partial charge in [0.1, 0.15) is 0 Å². The van der Waals surface area contributed by atoms with Crippen molar-refractivity contribution in [1.29, 1.82) is 0 Å². The lowest BCUT2D eigenvalue weighted by Crippen LogP contribution is -2.17. The maximum atomic E-state index is 11.2. The van der Waals surface area contributed by atoms with Crippen molar-refractivity contribution in [2.75, 3.05) is 0 Å². The molecule has 1 aromatic rings. The molecule has 1 N–H and O–H groups in total. The summed E-state index contributed by atoms with van der Waals surface area (Å²) in [6.07, 6.45) is 3.21. The molecule has 0 aliphatic rings. The SMILES string of the molecule is O=C(O)CCCCn1ccccc1=O. The molecule has 14 heavy (non-hydrogen) atoms. The van der Waals surface area contributed by atoms with Gasteiger partial charge in [-0.3, -0.25) is 9.59 Å². The highest BCUT2D eigenvalue weighted by molar-refractivity contribution is 5.66. The number of carbonyl (C=O) groups is 1. The van der Waals surface area contributed by atoms with Gasteiger partial charge in [-0.2, -0.15) is 0 Å². The van der Waals surface area contributed by atoms with Crippen molar-refractivity contribution in [3.63, 3.8) is 0 Å². The fourth-order valence-electron chi connectivity index (χ4n) is 1.20. The molecule has 0 aliphatic heterocycles. The van der Waals surface area contributed by atoms with Crippen LogP contribution in [0.3, 0.4) is 0 Å². The number of pyridine rings is 1. The van der Waals surface area contributed by atoms with E-state index < -0.39 is 5.97 Å². The summed E-state index contributed by atoms with van der Waals surface area (Å²) >= 11 is 0. The quantitative estimate of drug-likeness (QED) is 0.716. The van der Waals surface area contributed by atoms with E-state index in [-0.39, 0.29) is 12.0 Å². The van der Waals surface area contributed by atoms with Crippen LogP contribution >= 0.6 is 0 Å². The molecule has 0 radical (unpaired) electrons. The monoisotopic (exact) mass is 195 g/mol. The van der Waals surface area contributed by atoms with E-state index in [4.69, 9.17) is 5.11 Å². The second-order valence-electron chi connectivity index (χ2n) is 3.08. The molecule has 0 amide bonds. The van der Waals surface area contributed by atoms with Crippen molar-refractivity contribution in [3.8, 4) is 0 Å². The Bertz CT molecular complexity index is 356. The second-order valence-corrected chi connectivity index (χ2v) is 3.08. The molecule has 0 atom stereocenters. The Balaban J connectivity index is 2.35. The highest BCUT2D eigenvalue weighted by Crippen LogP contribution is 1.97. The summed E-state index contributed by atoms with van der Waals surface area (Å²) in [5, 5.41) is 8.40. The van der Waals surface area contributed by atoms with Gasteiger partial charge in [-0.15, -0.1) is 0 Å². The Hall–Kier alpha value is -1.58. The van der Waals surface area contributed by atoms with Crippen molar-refractivity contribution < 1.29 is 9.90 Å². The van der Waals surface area contributed by atoms with E-state index in [1.54, 1.807) is 22.9 Å². The third kappa shape index (κ3) is 3.43. The van der Waals surface area contributed by atoms with E-state index in [9.17, 15) is 9.59 Å². The van der Waals surface area contributed by atoms with E-state index in [0.29, 0.717) is 13.0 Å². The summed E-state index contributed by atoms with van der Waals surface area (Å²) < 4.78 is 1.59. The Morgan fingerprint density at radius 3 is 2.79 bits per heavy atom. The fourth-order valence-corrected chi connectivity index (χ4v) is 1.20. The van der Waals surface area contributed by atoms with Crippen LogP contribution in [0, 0.1) is 0 Å². The molecule has 0 spiro atoms. The molecule has 0 aliphatic carbocycles. The van der Waals surface area contributed by atoms with Crippen molar-refractivity contribution in [3.05, 3.63) is 34.7 Å². The van der Waals surface area contributed by atoms with Gasteiger partial charge in [0, 0.05) is 25.2 Å². The average molecular weight is 195 g/mol. The number of hydrogen-bond acceptors (Lipinski definition) is 2. The first-order chi connectivity index (χ1) is 6.70. The van der Waals surface area contributed by atoms with E-state index in [1.807, 2.05) is 0 Å². The number of carboxylic acid groups (broad SMARTS) is 1. The van der Waals surface area contributed by atoms with Gasteiger partial charge in [-0.25, -0.2) is 0 Å². The van der Waals surface area contributed by atoms with Crippen molar-refractivity contribution in [2.24, 2.45) is 0 Å². The van der Waals surface area contributed by atoms with Gasteiger partial charge in [-0.1, -0.05) is 6.07 Å². The van der Waals surface area contributed by atoms with Crippen molar-refractivity contribution in [2.45, 2.75) is 25.8 Å². The molecule has 1 aromatic heterocycles. The highest BCUT2D eigenvalue weighted by atomic mass is 16.4. The molecule has 76 valence electrons. The zero-order valence-electron chi connectivity index (χ0n) is 7.85. The predicted octanol–water partition coefficient (Wildman–Crippen LogP) is 1.10. The van der Waals surface area contributed by atoms with Gasteiger partial charge in [0.05, 0.1) is 0 Å². The number of rotatable bonds is 5. The van der Waals surface area contributed by atoms with Crippen LogP contribution in [0.25, 0.3) is 0 Å². The predicted molar refractivity (Wildman–Crippen MR) is 52.2 cm³/mol. The average Bonchev–Trinajstić information content (AvgIpc) is 2.15. The number of carboxylic acids is 1. The lowest BCUT2D eigenvalue weighted by Gasteiger charge is -2.02. The Morgan fingerprint density at radius 2 is 2.14 bits per heavy atom. The van der Waals surface area contributed by atoms with Gasteiger partial charge in [-0.05, 0) is 18.9 Å². The minimum absolute atomic E-state index is 0.0391. The Labute approximate surface area is 81.8 Å². The lowest BCUT2D eigenvalue weighted by molar-refractivity contribution is -0.137. The summed E-state index contributed by atoms with van der Waals surface area (Å²) in [6, 6.07) is 4.98. The minimum atomic E-state index is -0.787. The van der Waals surface area contributed by atoms with Crippen LogP contribution in [0.5, 0.6) is 0 Å².